The number of halogens is 1. The number of carbonyl (C=O) groups excluding carboxylic acids is 4. The predicted octanol–water partition coefficient (Wildman–Crippen LogP) is 2.74. The Bertz CT molecular complexity index is 1140. The van der Waals surface area contributed by atoms with Crippen molar-refractivity contribution in [2.75, 3.05) is 11.4 Å². The van der Waals surface area contributed by atoms with E-state index in [0.29, 0.717) is 34.8 Å². The van der Waals surface area contributed by atoms with Crippen molar-refractivity contribution in [2.24, 2.45) is 11.8 Å². The average Bonchev–Trinajstić information content (AvgIpc) is 3.43. The van der Waals surface area contributed by atoms with Crippen molar-refractivity contribution in [3.63, 3.8) is 0 Å². The Hall–Kier alpha value is -2.83. The largest absolute Gasteiger partial charge is 0.291 e. The minimum Gasteiger partial charge on any atom is -0.291 e. The van der Waals surface area contributed by atoms with E-state index in [1.165, 1.54) is 0 Å². The molecule has 6 rings (SSSR count). The van der Waals surface area contributed by atoms with Gasteiger partial charge in [-0.05, 0) is 37.6 Å². The number of nitrogens with zero attached hydrogens (tertiary/aromatic N) is 2. The molecule has 1 aliphatic carbocycles. The van der Waals surface area contributed by atoms with Crippen LogP contribution in [-0.4, -0.2) is 46.4 Å². The van der Waals surface area contributed by atoms with Crippen LogP contribution in [0, 0.1) is 11.8 Å². The van der Waals surface area contributed by atoms with Crippen LogP contribution in [0.1, 0.15) is 33.6 Å². The van der Waals surface area contributed by atoms with Gasteiger partial charge in [-0.1, -0.05) is 41.9 Å². The molecule has 1 spiro atoms. The highest BCUT2D eigenvalue weighted by Crippen LogP contribution is 2.57. The van der Waals surface area contributed by atoms with Gasteiger partial charge in [-0.2, -0.15) is 0 Å². The number of ketones is 2. The summed E-state index contributed by atoms with van der Waals surface area (Å²) in [6.07, 6.45) is 1.47. The van der Waals surface area contributed by atoms with Gasteiger partial charge in [0.2, 0.25) is 11.8 Å². The number of imide groups is 1. The zero-order valence-corrected chi connectivity index (χ0v) is 16.6. The molecule has 2 aromatic carbocycles. The first-order valence-electron chi connectivity index (χ1n) is 10.1. The highest BCUT2D eigenvalue weighted by molar-refractivity contribution is 6.38. The van der Waals surface area contributed by atoms with Gasteiger partial charge in [0.25, 0.3) is 0 Å². The van der Waals surface area contributed by atoms with E-state index in [2.05, 4.69) is 0 Å². The number of Topliss-reactive ketones (excluding diaryl/α,β-unsaturated/α-hetero) is 2. The number of hydrogen-bond donors (Lipinski definition) is 0. The van der Waals surface area contributed by atoms with Crippen molar-refractivity contribution in [3.05, 3.63) is 64.7 Å². The van der Waals surface area contributed by atoms with Crippen molar-refractivity contribution in [3.8, 4) is 0 Å². The lowest BCUT2D eigenvalue weighted by molar-refractivity contribution is -0.124. The Morgan fingerprint density at radius 1 is 0.900 bits per heavy atom. The third kappa shape index (κ3) is 1.89. The fourth-order valence-electron chi connectivity index (χ4n) is 6.11. The van der Waals surface area contributed by atoms with Crippen molar-refractivity contribution < 1.29 is 19.2 Å². The zero-order chi connectivity index (χ0) is 20.8. The highest BCUT2D eigenvalue weighted by Gasteiger charge is 2.76. The smallest absolute Gasteiger partial charge is 0.240 e. The first kappa shape index (κ1) is 18.0. The number of benzene rings is 2. The number of carbonyl (C=O) groups is 4. The van der Waals surface area contributed by atoms with Crippen LogP contribution in [0.5, 0.6) is 0 Å². The van der Waals surface area contributed by atoms with Crippen molar-refractivity contribution in [1.29, 1.82) is 0 Å². The summed E-state index contributed by atoms with van der Waals surface area (Å²) in [7, 11) is 0. The quantitative estimate of drug-likeness (QED) is 0.524. The van der Waals surface area contributed by atoms with Gasteiger partial charge in [-0.15, -0.1) is 0 Å². The van der Waals surface area contributed by atoms with Crippen molar-refractivity contribution in [1.82, 2.24) is 4.90 Å². The summed E-state index contributed by atoms with van der Waals surface area (Å²) in [5.41, 5.74) is -0.553. The van der Waals surface area contributed by atoms with E-state index in [1.807, 2.05) is 4.90 Å². The summed E-state index contributed by atoms with van der Waals surface area (Å²) in [6.45, 7) is 0.529. The monoisotopic (exact) mass is 420 g/mol. The maximum Gasteiger partial charge on any atom is 0.240 e. The lowest BCUT2D eigenvalue weighted by Gasteiger charge is -2.35. The molecule has 6 nitrogen and oxygen atoms in total. The number of amides is 2. The predicted molar refractivity (Wildman–Crippen MR) is 108 cm³/mol. The van der Waals surface area contributed by atoms with Gasteiger partial charge < -0.3 is 0 Å². The molecular weight excluding hydrogens is 404 g/mol. The molecule has 3 aliphatic heterocycles. The summed E-state index contributed by atoms with van der Waals surface area (Å²) in [5.74, 6) is -3.26. The van der Waals surface area contributed by atoms with E-state index in [0.717, 1.165) is 11.3 Å². The second-order valence-corrected chi connectivity index (χ2v) is 8.80. The molecule has 2 amide bonds. The minimum atomic E-state index is -1.62. The van der Waals surface area contributed by atoms with Crippen LogP contribution in [-0.2, 0) is 9.59 Å². The number of hydrogen-bond acceptors (Lipinski definition) is 5. The number of anilines is 1. The van der Waals surface area contributed by atoms with Gasteiger partial charge in [0.05, 0.1) is 17.5 Å². The molecule has 3 saturated heterocycles. The second kappa shape index (κ2) is 5.86. The van der Waals surface area contributed by atoms with Crippen molar-refractivity contribution in [2.45, 2.75) is 24.4 Å². The van der Waals surface area contributed by atoms with Crippen LogP contribution in [0.2, 0.25) is 5.02 Å². The van der Waals surface area contributed by atoms with Gasteiger partial charge in [0.1, 0.15) is 0 Å². The molecule has 0 saturated carbocycles. The Labute approximate surface area is 177 Å². The molecule has 0 unspecified atom stereocenters. The van der Waals surface area contributed by atoms with Crippen LogP contribution in [0.4, 0.5) is 5.69 Å². The van der Waals surface area contributed by atoms with Gasteiger partial charge >= 0.3 is 0 Å². The molecule has 0 bridgehead atoms. The molecule has 0 N–H and O–H groups in total. The number of fused-ring (bicyclic) bond motifs is 6. The van der Waals surface area contributed by atoms with Crippen LogP contribution in [0.3, 0.4) is 0 Å². The van der Waals surface area contributed by atoms with Gasteiger partial charge in [-0.3, -0.25) is 24.1 Å². The van der Waals surface area contributed by atoms with Crippen LogP contribution in [0.15, 0.2) is 48.5 Å². The van der Waals surface area contributed by atoms with Gasteiger partial charge in [0.15, 0.2) is 17.1 Å². The minimum absolute atomic E-state index is 0.294. The van der Waals surface area contributed by atoms with E-state index in [9.17, 15) is 19.2 Å². The summed E-state index contributed by atoms with van der Waals surface area (Å²) >= 11 is 6.09. The van der Waals surface area contributed by atoms with E-state index < -0.39 is 23.3 Å². The van der Waals surface area contributed by atoms with Crippen LogP contribution < -0.4 is 4.90 Å². The summed E-state index contributed by atoms with van der Waals surface area (Å²) in [6, 6.07) is 13.0. The molecule has 0 radical (unpaired) electrons. The van der Waals surface area contributed by atoms with Crippen LogP contribution in [0.25, 0.3) is 0 Å². The summed E-state index contributed by atoms with van der Waals surface area (Å²) < 4.78 is 0. The molecular formula is C23H17ClN2O4. The molecule has 0 aromatic heterocycles. The SMILES string of the molecule is O=C1[C@H]2[C@@H](C(=O)N1c1cccc(Cl)c1)C1(C(=O)c3ccccc3C1=O)N1CCC[C@@H]21. The highest BCUT2D eigenvalue weighted by atomic mass is 35.5. The fraction of sp³-hybridized carbons (Fsp3) is 0.304. The number of rotatable bonds is 1. The maximum absolute atomic E-state index is 13.7. The van der Waals surface area contributed by atoms with Gasteiger partial charge in [-0.25, -0.2) is 4.90 Å². The van der Waals surface area contributed by atoms with Crippen LogP contribution >= 0.6 is 11.6 Å². The molecule has 150 valence electrons. The van der Waals surface area contributed by atoms with E-state index >= 15 is 0 Å². The topological polar surface area (TPSA) is 74.8 Å². The third-order valence-corrected chi connectivity index (χ3v) is 7.38. The van der Waals surface area contributed by atoms with Gasteiger partial charge in [0, 0.05) is 22.2 Å². The molecule has 3 fully saturated rings. The molecule has 7 heteroatoms. The molecule has 2 aromatic rings. The van der Waals surface area contributed by atoms with E-state index in [-0.39, 0.29) is 23.5 Å². The molecule has 4 aliphatic rings. The molecule has 3 heterocycles. The Kier molecular flexibility index (Phi) is 3.51. The third-order valence-electron chi connectivity index (χ3n) is 7.14. The lowest BCUT2D eigenvalue weighted by atomic mass is 9.76. The first-order valence-corrected chi connectivity index (χ1v) is 10.4. The summed E-state index contributed by atoms with van der Waals surface area (Å²) in [4.78, 5) is 57.6. The van der Waals surface area contributed by atoms with Crippen molar-refractivity contribution >= 4 is 40.7 Å². The summed E-state index contributed by atoms with van der Waals surface area (Å²) in [5, 5.41) is 0.405. The van der Waals surface area contributed by atoms with E-state index in [1.54, 1.807) is 48.5 Å². The Balaban J connectivity index is 1.55. The molecule has 3 atom stereocenters. The van der Waals surface area contributed by atoms with E-state index in [4.69, 9.17) is 11.6 Å². The Morgan fingerprint density at radius 3 is 2.27 bits per heavy atom. The standard InChI is InChI=1S/C23H17ClN2O4/c24-12-5-3-6-13(11-12)26-21(29)17-16-9-4-10-25(16)23(18(17)22(26)30)19(27)14-7-1-2-8-15(14)20(23)28/h1-3,5-8,11,16-18H,4,9-10H2/t16-,17+,18-/m0/s1. The average molecular weight is 421 g/mol. The fourth-order valence-corrected chi connectivity index (χ4v) is 6.29. The molecule has 30 heavy (non-hydrogen) atoms. The second-order valence-electron chi connectivity index (χ2n) is 8.37. The Morgan fingerprint density at radius 2 is 1.60 bits per heavy atom. The maximum atomic E-state index is 13.7. The normalized spacial score (nSPS) is 29.1. The lowest BCUT2D eigenvalue weighted by Crippen LogP contribution is -2.59. The first-order chi connectivity index (χ1) is 14.5. The zero-order valence-electron chi connectivity index (χ0n) is 15.9.